The molecule has 4 aromatic rings. The van der Waals surface area contributed by atoms with Crippen LogP contribution in [0.15, 0.2) is 78.1 Å². The summed E-state index contributed by atoms with van der Waals surface area (Å²) in [5, 5.41) is 9.12. The zero-order chi connectivity index (χ0) is 21.1. The summed E-state index contributed by atoms with van der Waals surface area (Å²) >= 11 is 1.38. The molecule has 0 aliphatic heterocycles. The molecule has 8 heteroatoms. The van der Waals surface area contributed by atoms with Crippen molar-refractivity contribution in [3.63, 3.8) is 0 Å². The van der Waals surface area contributed by atoms with Crippen molar-refractivity contribution in [3.05, 3.63) is 78.5 Å². The molecule has 0 amide bonds. The quantitative estimate of drug-likeness (QED) is 0.297. The van der Waals surface area contributed by atoms with E-state index in [9.17, 15) is 13.2 Å². The first-order chi connectivity index (χ1) is 14.5. The van der Waals surface area contributed by atoms with Gasteiger partial charge < -0.3 is 0 Å². The zero-order valence-electron chi connectivity index (χ0n) is 15.8. The van der Waals surface area contributed by atoms with Crippen molar-refractivity contribution in [1.82, 2.24) is 20.2 Å². The van der Waals surface area contributed by atoms with Crippen LogP contribution >= 0.6 is 11.8 Å². The Balaban J connectivity index is 1.92. The number of aromatic nitrogens is 4. The van der Waals surface area contributed by atoms with Crippen molar-refractivity contribution in [2.75, 3.05) is 6.26 Å². The molecule has 0 bridgehead atoms. The first kappa shape index (κ1) is 20.0. The van der Waals surface area contributed by atoms with Gasteiger partial charge in [-0.1, -0.05) is 54.2 Å². The van der Waals surface area contributed by atoms with Gasteiger partial charge >= 0.3 is 6.18 Å². The van der Waals surface area contributed by atoms with Crippen LogP contribution in [0.3, 0.4) is 0 Å². The van der Waals surface area contributed by atoms with E-state index in [1.165, 1.54) is 17.8 Å². The van der Waals surface area contributed by atoms with Crippen LogP contribution in [0.25, 0.3) is 33.8 Å². The van der Waals surface area contributed by atoms with Gasteiger partial charge in [0.1, 0.15) is 5.69 Å². The standard InChI is InChI=1S/C22H15F3N4S/c1-30-21-26-11-10-18(27-21)17-13-19(14-6-3-2-4-7-14)28-29-20(17)15-8-5-9-16(12-15)22(23,24)25/h2-13H,1H3. The van der Waals surface area contributed by atoms with Crippen LogP contribution in [0.1, 0.15) is 5.56 Å². The molecule has 30 heavy (non-hydrogen) atoms. The van der Waals surface area contributed by atoms with Crippen molar-refractivity contribution in [2.24, 2.45) is 0 Å². The highest BCUT2D eigenvalue weighted by Crippen LogP contribution is 2.36. The van der Waals surface area contributed by atoms with Gasteiger partial charge in [-0.05, 0) is 30.5 Å². The van der Waals surface area contributed by atoms with Crippen LogP contribution in [-0.4, -0.2) is 26.4 Å². The number of rotatable bonds is 4. The van der Waals surface area contributed by atoms with Crippen LogP contribution in [0.5, 0.6) is 0 Å². The van der Waals surface area contributed by atoms with Crippen LogP contribution in [0.2, 0.25) is 0 Å². The second-order valence-corrected chi connectivity index (χ2v) is 7.14. The SMILES string of the molecule is CSc1nccc(-c2cc(-c3ccccc3)nnc2-c2cccc(C(F)(F)F)c2)n1. The third-order valence-corrected chi connectivity index (χ3v) is 4.98. The molecule has 0 saturated heterocycles. The largest absolute Gasteiger partial charge is 0.416 e. The molecule has 0 spiro atoms. The number of hydrogen-bond acceptors (Lipinski definition) is 5. The lowest BCUT2D eigenvalue weighted by Gasteiger charge is -2.12. The monoisotopic (exact) mass is 424 g/mol. The second kappa shape index (κ2) is 8.23. The van der Waals surface area contributed by atoms with E-state index in [-0.39, 0.29) is 0 Å². The Hall–Kier alpha value is -3.26. The number of hydrogen-bond donors (Lipinski definition) is 0. The van der Waals surface area contributed by atoms with Gasteiger partial charge in [0.05, 0.1) is 17.0 Å². The molecule has 0 radical (unpaired) electrons. The third kappa shape index (κ3) is 4.18. The minimum Gasteiger partial charge on any atom is -0.231 e. The summed E-state index contributed by atoms with van der Waals surface area (Å²) in [6.45, 7) is 0. The van der Waals surface area contributed by atoms with E-state index >= 15 is 0 Å². The number of halogens is 3. The summed E-state index contributed by atoms with van der Waals surface area (Å²) in [6.07, 6.45) is -0.978. The van der Waals surface area contributed by atoms with E-state index in [1.807, 2.05) is 36.6 Å². The number of benzene rings is 2. The second-order valence-electron chi connectivity index (χ2n) is 6.37. The Morgan fingerprint density at radius 2 is 1.57 bits per heavy atom. The van der Waals surface area contributed by atoms with Gasteiger partial charge in [-0.15, -0.1) is 10.2 Å². The molecule has 0 fully saturated rings. The molecule has 0 N–H and O–H groups in total. The maximum Gasteiger partial charge on any atom is 0.416 e. The van der Waals surface area contributed by atoms with Crippen molar-refractivity contribution < 1.29 is 13.2 Å². The van der Waals surface area contributed by atoms with Crippen molar-refractivity contribution in [1.29, 1.82) is 0 Å². The average molecular weight is 424 g/mol. The Morgan fingerprint density at radius 1 is 0.800 bits per heavy atom. The maximum atomic E-state index is 13.2. The predicted molar refractivity (Wildman–Crippen MR) is 111 cm³/mol. The van der Waals surface area contributed by atoms with E-state index in [0.29, 0.717) is 33.4 Å². The fourth-order valence-electron chi connectivity index (χ4n) is 2.98. The van der Waals surface area contributed by atoms with E-state index in [2.05, 4.69) is 20.2 Å². The molecular formula is C22H15F3N4S. The fourth-order valence-corrected chi connectivity index (χ4v) is 3.34. The van der Waals surface area contributed by atoms with Crippen molar-refractivity contribution in [2.45, 2.75) is 11.3 Å². The van der Waals surface area contributed by atoms with E-state index in [1.54, 1.807) is 24.4 Å². The Kier molecular flexibility index (Phi) is 5.50. The molecule has 2 aromatic heterocycles. The van der Waals surface area contributed by atoms with Gasteiger partial charge in [0, 0.05) is 22.9 Å². The molecule has 0 saturated carbocycles. The van der Waals surface area contributed by atoms with Gasteiger partial charge in [0.2, 0.25) is 0 Å². The molecule has 4 nitrogen and oxygen atoms in total. The summed E-state index contributed by atoms with van der Waals surface area (Å²) in [5.74, 6) is 0. The molecular weight excluding hydrogens is 409 g/mol. The third-order valence-electron chi connectivity index (χ3n) is 4.42. The molecule has 2 heterocycles. The van der Waals surface area contributed by atoms with Crippen LogP contribution in [0, 0.1) is 0 Å². The first-order valence-corrected chi connectivity index (χ1v) is 10.2. The van der Waals surface area contributed by atoms with Crippen LogP contribution in [-0.2, 0) is 6.18 Å². The molecule has 0 aliphatic carbocycles. The van der Waals surface area contributed by atoms with Crippen molar-refractivity contribution >= 4 is 11.8 Å². The Labute approximate surface area is 175 Å². The Bertz CT molecular complexity index is 1180. The summed E-state index contributed by atoms with van der Waals surface area (Å²) in [4.78, 5) is 8.70. The lowest BCUT2D eigenvalue weighted by atomic mass is 10.00. The first-order valence-electron chi connectivity index (χ1n) is 8.94. The number of thioether (sulfide) groups is 1. The van der Waals surface area contributed by atoms with Gasteiger partial charge in [-0.2, -0.15) is 13.2 Å². The number of nitrogens with zero attached hydrogens (tertiary/aromatic N) is 4. The van der Waals surface area contributed by atoms with Gasteiger partial charge in [-0.3, -0.25) is 0 Å². The van der Waals surface area contributed by atoms with E-state index in [4.69, 9.17) is 0 Å². The Morgan fingerprint density at radius 3 is 2.30 bits per heavy atom. The maximum absolute atomic E-state index is 13.2. The highest BCUT2D eigenvalue weighted by molar-refractivity contribution is 7.98. The molecule has 150 valence electrons. The minimum absolute atomic E-state index is 0.316. The predicted octanol–water partition coefficient (Wildman–Crippen LogP) is 6.01. The average Bonchev–Trinajstić information content (AvgIpc) is 2.79. The lowest BCUT2D eigenvalue weighted by molar-refractivity contribution is -0.137. The highest BCUT2D eigenvalue weighted by atomic mass is 32.2. The number of alkyl halides is 3. The minimum atomic E-state index is -4.45. The molecule has 0 atom stereocenters. The zero-order valence-corrected chi connectivity index (χ0v) is 16.6. The van der Waals surface area contributed by atoms with E-state index < -0.39 is 11.7 Å². The summed E-state index contributed by atoms with van der Waals surface area (Å²) in [5.41, 5.74) is 2.50. The molecule has 0 unspecified atom stereocenters. The van der Waals surface area contributed by atoms with Gasteiger partial charge in [0.15, 0.2) is 5.16 Å². The smallest absolute Gasteiger partial charge is 0.231 e. The fraction of sp³-hybridized carbons (Fsp3) is 0.0909. The topological polar surface area (TPSA) is 51.6 Å². The summed E-state index contributed by atoms with van der Waals surface area (Å²) in [7, 11) is 0. The van der Waals surface area contributed by atoms with Crippen LogP contribution in [0.4, 0.5) is 13.2 Å². The molecule has 2 aromatic carbocycles. The lowest BCUT2D eigenvalue weighted by Crippen LogP contribution is -2.05. The summed E-state index contributed by atoms with van der Waals surface area (Å²) < 4.78 is 39.7. The molecule has 0 aliphatic rings. The van der Waals surface area contributed by atoms with Crippen LogP contribution < -0.4 is 0 Å². The molecule has 4 rings (SSSR count). The van der Waals surface area contributed by atoms with Crippen molar-refractivity contribution in [3.8, 4) is 33.8 Å². The normalized spacial score (nSPS) is 11.5. The van der Waals surface area contributed by atoms with E-state index in [0.717, 1.165) is 17.7 Å². The van der Waals surface area contributed by atoms with Gasteiger partial charge in [0.25, 0.3) is 0 Å². The highest BCUT2D eigenvalue weighted by Gasteiger charge is 2.31. The summed E-state index contributed by atoms with van der Waals surface area (Å²) in [6, 6.07) is 18.0. The van der Waals surface area contributed by atoms with Gasteiger partial charge in [-0.25, -0.2) is 9.97 Å².